The highest BCUT2D eigenvalue weighted by atomic mass is 35.5. The average Bonchev–Trinajstić information content (AvgIpc) is 2.35. The van der Waals surface area contributed by atoms with Gasteiger partial charge in [0.1, 0.15) is 5.02 Å². The SMILES string of the molecule is COc1ncc(Cl)c(NCC(C)(C)CCCCl)n1. The third-order valence-corrected chi connectivity index (χ3v) is 3.17. The van der Waals surface area contributed by atoms with Gasteiger partial charge in [-0.3, -0.25) is 0 Å². The van der Waals surface area contributed by atoms with Crippen molar-refractivity contribution >= 4 is 29.0 Å². The summed E-state index contributed by atoms with van der Waals surface area (Å²) in [6, 6.07) is 0.306. The Balaban J connectivity index is 2.62. The second-order valence-corrected chi connectivity index (χ2v) is 5.65. The summed E-state index contributed by atoms with van der Waals surface area (Å²) in [5, 5.41) is 3.72. The first-order valence-electron chi connectivity index (χ1n) is 5.85. The van der Waals surface area contributed by atoms with Crippen LogP contribution in [0.25, 0.3) is 0 Å². The minimum Gasteiger partial charge on any atom is -0.467 e. The lowest BCUT2D eigenvalue weighted by atomic mass is 9.88. The number of methoxy groups -OCH3 is 1. The van der Waals surface area contributed by atoms with Gasteiger partial charge in [0.25, 0.3) is 0 Å². The van der Waals surface area contributed by atoms with Crippen molar-refractivity contribution in [2.75, 3.05) is 24.9 Å². The number of nitrogens with zero attached hydrogens (tertiary/aromatic N) is 2. The van der Waals surface area contributed by atoms with Crippen LogP contribution in [-0.2, 0) is 0 Å². The van der Waals surface area contributed by atoms with Crippen molar-refractivity contribution in [1.82, 2.24) is 9.97 Å². The zero-order valence-electron chi connectivity index (χ0n) is 11.0. The third-order valence-electron chi connectivity index (χ3n) is 2.63. The van der Waals surface area contributed by atoms with Gasteiger partial charge in [0.05, 0.1) is 13.3 Å². The van der Waals surface area contributed by atoms with Crippen LogP contribution in [0.4, 0.5) is 5.82 Å². The van der Waals surface area contributed by atoms with E-state index in [2.05, 4.69) is 29.1 Å². The fourth-order valence-corrected chi connectivity index (χ4v) is 1.82. The number of nitrogens with one attached hydrogen (secondary N) is 1. The summed E-state index contributed by atoms with van der Waals surface area (Å²) < 4.78 is 4.97. The Bertz CT molecular complexity index is 386. The van der Waals surface area contributed by atoms with Gasteiger partial charge in [-0.15, -0.1) is 11.6 Å². The summed E-state index contributed by atoms with van der Waals surface area (Å²) in [5.74, 6) is 1.29. The quantitative estimate of drug-likeness (QED) is 0.780. The standard InChI is InChI=1S/C12H19Cl2N3O/c1-12(2,5-4-6-13)8-16-10-9(14)7-15-11(17-10)18-3/h7H,4-6,8H2,1-3H3,(H,15,16,17). The molecular formula is C12H19Cl2N3O. The largest absolute Gasteiger partial charge is 0.467 e. The molecule has 6 heteroatoms. The van der Waals surface area contributed by atoms with Gasteiger partial charge >= 0.3 is 6.01 Å². The summed E-state index contributed by atoms with van der Waals surface area (Å²) in [6.07, 6.45) is 3.57. The van der Waals surface area contributed by atoms with Crippen molar-refractivity contribution in [3.63, 3.8) is 0 Å². The summed E-state index contributed by atoms with van der Waals surface area (Å²) in [7, 11) is 1.53. The minimum atomic E-state index is 0.135. The molecule has 0 saturated carbocycles. The first-order valence-corrected chi connectivity index (χ1v) is 6.76. The van der Waals surface area contributed by atoms with Gasteiger partial charge in [-0.25, -0.2) is 4.98 Å². The number of halogens is 2. The van der Waals surface area contributed by atoms with Crippen LogP contribution in [0.2, 0.25) is 5.02 Å². The number of hydrogen-bond acceptors (Lipinski definition) is 4. The molecule has 0 aliphatic heterocycles. The highest BCUT2D eigenvalue weighted by Gasteiger charge is 2.18. The van der Waals surface area contributed by atoms with Crippen molar-refractivity contribution in [2.24, 2.45) is 5.41 Å². The molecule has 1 heterocycles. The van der Waals surface area contributed by atoms with Crippen molar-refractivity contribution in [1.29, 1.82) is 0 Å². The van der Waals surface area contributed by atoms with E-state index in [1.165, 1.54) is 13.3 Å². The normalized spacial score (nSPS) is 11.4. The number of alkyl halides is 1. The Hall–Kier alpha value is -0.740. The Labute approximate surface area is 118 Å². The molecule has 18 heavy (non-hydrogen) atoms. The molecule has 0 amide bonds. The van der Waals surface area contributed by atoms with E-state index in [4.69, 9.17) is 27.9 Å². The zero-order chi connectivity index (χ0) is 13.6. The highest BCUT2D eigenvalue weighted by Crippen LogP contribution is 2.26. The average molecular weight is 292 g/mol. The molecule has 0 unspecified atom stereocenters. The number of anilines is 1. The number of aromatic nitrogens is 2. The highest BCUT2D eigenvalue weighted by molar-refractivity contribution is 6.32. The molecular weight excluding hydrogens is 273 g/mol. The number of hydrogen-bond donors (Lipinski definition) is 1. The lowest BCUT2D eigenvalue weighted by molar-refractivity contribution is 0.354. The second kappa shape index (κ2) is 7.00. The molecule has 1 aromatic heterocycles. The molecule has 0 atom stereocenters. The topological polar surface area (TPSA) is 47.0 Å². The Morgan fingerprint density at radius 3 is 2.78 bits per heavy atom. The molecule has 4 nitrogen and oxygen atoms in total. The molecule has 0 aromatic carbocycles. The first-order chi connectivity index (χ1) is 8.48. The van der Waals surface area contributed by atoms with E-state index in [1.54, 1.807) is 0 Å². The van der Waals surface area contributed by atoms with Gasteiger partial charge in [-0.1, -0.05) is 25.4 Å². The van der Waals surface area contributed by atoms with Gasteiger partial charge in [0.15, 0.2) is 5.82 Å². The smallest absolute Gasteiger partial charge is 0.318 e. The number of rotatable bonds is 7. The van der Waals surface area contributed by atoms with E-state index in [0.29, 0.717) is 22.7 Å². The Morgan fingerprint density at radius 2 is 2.17 bits per heavy atom. The van der Waals surface area contributed by atoms with Crippen LogP contribution in [0.3, 0.4) is 0 Å². The van der Waals surface area contributed by atoms with Crippen LogP contribution in [0, 0.1) is 5.41 Å². The number of ether oxygens (including phenoxy) is 1. The molecule has 0 spiro atoms. The molecule has 0 aliphatic carbocycles. The van der Waals surface area contributed by atoms with Crippen LogP contribution in [0.1, 0.15) is 26.7 Å². The maximum atomic E-state index is 6.02. The van der Waals surface area contributed by atoms with Crippen molar-refractivity contribution in [3.8, 4) is 6.01 Å². The first kappa shape index (κ1) is 15.3. The maximum Gasteiger partial charge on any atom is 0.318 e. The van der Waals surface area contributed by atoms with E-state index in [1.807, 2.05) is 0 Å². The van der Waals surface area contributed by atoms with E-state index in [-0.39, 0.29) is 5.41 Å². The molecule has 0 aliphatic rings. The van der Waals surface area contributed by atoms with Crippen molar-refractivity contribution in [3.05, 3.63) is 11.2 Å². The summed E-state index contributed by atoms with van der Waals surface area (Å²) in [6.45, 7) is 5.13. The lowest BCUT2D eigenvalue weighted by Gasteiger charge is -2.25. The molecule has 1 rings (SSSR count). The van der Waals surface area contributed by atoms with Gasteiger partial charge < -0.3 is 10.1 Å². The molecule has 1 aromatic rings. The predicted octanol–water partition coefficient (Wildman–Crippen LogP) is 3.60. The van der Waals surface area contributed by atoms with Crippen LogP contribution in [0.5, 0.6) is 6.01 Å². The van der Waals surface area contributed by atoms with E-state index in [9.17, 15) is 0 Å². The molecule has 0 bridgehead atoms. The maximum absolute atomic E-state index is 6.02. The van der Waals surface area contributed by atoms with Gasteiger partial charge in [-0.2, -0.15) is 4.98 Å². The summed E-state index contributed by atoms with van der Waals surface area (Å²) >= 11 is 11.7. The van der Waals surface area contributed by atoms with Crippen LogP contribution in [-0.4, -0.2) is 29.5 Å². The summed E-state index contributed by atoms with van der Waals surface area (Å²) in [5.41, 5.74) is 0.135. The Morgan fingerprint density at radius 1 is 1.44 bits per heavy atom. The van der Waals surface area contributed by atoms with E-state index in [0.717, 1.165) is 19.4 Å². The fraction of sp³-hybridized carbons (Fsp3) is 0.667. The molecule has 0 saturated heterocycles. The van der Waals surface area contributed by atoms with Crippen molar-refractivity contribution in [2.45, 2.75) is 26.7 Å². The lowest BCUT2D eigenvalue weighted by Crippen LogP contribution is -2.23. The van der Waals surface area contributed by atoms with Crippen molar-refractivity contribution < 1.29 is 4.74 Å². The summed E-state index contributed by atoms with van der Waals surface area (Å²) in [4.78, 5) is 8.10. The molecule has 0 radical (unpaired) electrons. The second-order valence-electron chi connectivity index (χ2n) is 4.86. The van der Waals surface area contributed by atoms with Gasteiger partial charge in [0.2, 0.25) is 0 Å². The van der Waals surface area contributed by atoms with Crippen LogP contribution < -0.4 is 10.1 Å². The van der Waals surface area contributed by atoms with Gasteiger partial charge in [-0.05, 0) is 18.3 Å². The van der Waals surface area contributed by atoms with Crippen LogP contribution >= 0.6 is 23.2 Å². The Kier molecular flexibility index (Phi) is 5.96. The minimum absolute atomic E-state index is 0.135. The van der Waals surface area contributed by atoms with E-state index >= 15 is 0 Å². The molecule has 1 N–H and O–H groups in total. The fourth-order valence-electron chi connectivity index (χ4n) is 1.53. The monoisotopic (exact) mass is 291 g/mol. The van der Waals surface area contributed by atoms with Crippen LogP contribution in [0.15, 0.2) is 6.20 Å². The molecule has 0 fully saturated rings. The van der Waals surface area contributed by atoms with E-state index < -0.39 is 0 Å². The molecule has 102 valence electrons. The third kappa shape index (κ3) is 4.86. The van der Waals surface area contributed by atoms with Gasteiger partial charge in [0, 0.05) is 12.4 Å². The zero-order valence-corrected chi connectivity index (χ0v) is 12.5. The predicted molar refractivity (Wildman–Crippen MR) is 75.8 cm³/mol.